The van der Waals surface area contributed by atoms with E-state index < -0.39 is 0 Å². The Hall–Kier alpha value is -2.59. The van der Waals surface area contributed by atoms with Crippen LogP contribution in [0, 0.1) is 0 Å². The zero-order valence-electron chi connectivity index (χ0n) is 15.6. The van der Waals surface area contributed by atoms with Crippen LogP contribution in [0.3, 0.4) is 0 Å². The second kappa shape index (κ2) is 9.56. The van der Waals surface area contributed by atoms with Crippen LogP contribution in [0.25, 0.3) is 0 Å². The summed E-state index contributed by atoms with van der Waals surface area (Å²) >= 11 is 1.16. The van der Waals surface area contributed by atoms with E-state index in [-0.39, 0.29) is 29.3 Å². The number of H-pyrrole nitrogens is 1. The third-order valence-corrected chi connectivity index (χ3v) is 5.12. The number of aromatic amines is 1. The van der Waals surface area contributed by atoms with Gasteiger partial charge in [0.15, 0.2) is 5.16 Å². The van der Waals surface area contributed by atoms with Crippen molar-refractivity contribution in [2.75, 3.05) is 24.8 Å². The van der Waals surface area contributed by atoms with Crippen molar-refractivity contribution in [1.29, 1.82) is 0 Å². The molecule has 0 saturated heterocycles. The molecule has 28 heavy (non-hydrogen) atoms. The number of nitrogens with one attached hydrogen (secondary N) is 3. The zero-order valence-corrected chi connectivity index (χ0v) is 16.4. The van der Waals surface area contributed by atoms with Crippen LogP contribution >= 0.6 is 11.8 Å². The topological polar surface area (TPSA) is 118 Å². The molecule has 0 radical (unpaired) electrons. The summed E-state index contributed by atoms with van der Waals surface area (Å²) in [4.78, 5) is 36.5. The van der Waals surface area contributed by atoms with Gasteiger partial charge in [0.25, 0.3) is 5.91 Å². The predicted octanol–water partition coefficient (Wildman–Crippen LogP) is 1.23. The number of rotatable bonds is 10. The minimum atomic E-state index is -0.318. The van der Waals surface area contributed by atoms with Gasteiger partial charge in [-0.1, -0.05) is 23.9 Å². The smallest absolute Gasteiger partial charge is 0.343 e. The van der Waals surface area contributed by atoms with Crippen LogP contribution in [0.5, 0.6) is 0 Å². The lowest BCUT2D eigenvalue weighted by Crippen LogP contribution is -2.27. The summed E-state index contributed by atoms with van der Waals surface area (Å²) < 4.78 is 6.47. The van der Waals surface area contributed by atoms with E-state index in [1.54, 1.807) is 31.4 Å². The molecule has 10 heteroatoms. The second-order valence-electron chi connectivity index (χ2n) is 6.44. The van der Waals surface area contributed by atoms with Gasteiger partial charge in [0.1, 0.15) is 0 Å². The molecule has 150 valence electrons. The van der Waals surface area contributed by atoms with Gasteiger partial charge in [-0.2, -0.15) is 0 Å². The van der Waals surface area contributed by atoms with E-state index in [1.807, 2.05) is 0 Å². The highest BCUT2D eigenvalue weighted by atomic mass is 32.2. The number of para-hydroxylation sites is 1. The van der Waals surface area contributed by atoms with Crippen LogP contribution < -0.4 is 16.3 Å². The molecule has 2 aromatic rings. The first-order valence-electron chi connectivity index (χ1n) is 9.05. The molecule has 1 aromatic carbocycles. The fourth-order valence-electron chi connectivity index (χ4n) is 2.57. The van der Waals surface area contributed by atoms with Crippen LogP contribution in [0.4, 0.5) is 5.69 Å². The van der Waals surface area contributed by atoms with E-state index in [0.29, 0.717) is 36.0 Å². The molecule has 1 aliphatic rings. The van der Waals surface area contributed by atoms with Gasteiger partial charge in [-0.25, -0.2) is 9.89 Å². The average Bonchev–Trinajstić information content (AvgIpc) is 3.43. The maximum absolute atomic E-state index is 12.4. The molecule has 1 aromatic heterocycles. The number of nitrogens with zero attached hydrogens (tertiary/aromatic N) is 2. The Bertz CT molecular complexity index is 890. The van der Waals surface area contributed by atoms with Crippen molar-refractivity contribution >= 4 is 29.3 Å². The third-order valence-electron chi connectivity index (χ3n) is 4.14. The van der Waals surface area contributed by atoms with Crippen molar-refractivity contribution in [3.8, 4) is 0 Å². The Morgan fingerprint density at radius 1 is 1.36 bits per heavy atom. The molecule has 0 bridgehead atoms. The van der Waals surface area contributed by atoms with Crippen molar-refractivity contribution in [2.24, 2.45) is 0 Å². The van der Waals surface area contributed by atoms with Gasteiger partial charge in [0.2, 0.25) is 5.91 Å². The Labute approximate surface area is 166 Å². The summed E-state index contributed by atoms with van der Waals surface area (Å²) in [6, 6.07) is 7.13. The van der Waals surface area contributed by atoms with Gasteiger partial charge in [-0.3, -0.25) is 14.2 Å². The second-order valence-corrected chi connectivity index (χ2v) is 7.38. The maximum Gasteiger partial charge on any atom is 0.343 e. The Morgan fingerprint density at radius 2 is 2.14 bits per heavy atom. The molecule has 1 aliphatic carbocycles. The molecule has 1 heterocycles. The lowest BCUT2D eigenvalue weighted by atomic mass is 10.1. The van der Waals surface area contributed by atoms with Crippen molar-refractivity contribution in [2.45, 2.75) is 37.0 Å². The van der Waals surface area contributed by atoms with Crippen molar-refractivity contribution in [3.63, 3.8) is 0 Å². The van der Waals surface area contributed by atoms with E-state index in [1.165, 1.54) is 4.57 Å². The normalized spacial score (nSPS) is 13.3. The first-order valence-corrected chi connectivity index (χ1v) is 10.0. The van der Waals surface area contributed by atoms with E-state index in [2.05, 4.69) is 20.8 Å². The van der Waals surface area contributed by atoms with Gasteiger partial charge >= 0.3 is 5.69 Å². The van der Waals surface area contributed by atoms with Crippen LogP contribution in [0.2, 0.25) is 0 Å². The molecular weight excluding hydrogens is 382 g/mol. The first kappa shape index (κ1) is 20.2. The molecule has 0 atom stereocenters. The minimum absolute atomic E-state index is 0.0626. The lowest BCUT2D eigenvalue weighted by Gasteiger charge is -2.11. The van der Waals surface area contributed by atoms with E-state index in [9.17, 15) is 14.4 Å². The number of anilines is 1. The number of benzene rings is 1. The number of hydrogen-bond acceptors (Lipinski definition) is 6. The number of aromatic nitrogens is 3. The zero-order chi connectivity index (χ0) is 19.9. The quantitative estimate of drug-likeness (QED) is 0.404. The summed E-state index contributed by atoms with van der Waals surface area (Å²) in [6.07, 6.45) is 2.65. The Balaban J connectivity index is 1.58. The Kier molecular flexibility index (Phi) is 6.88. The molecule has 1 fully saturated rings. The molecule has 0 unspecified atom stereocenters. The molecule has 2 amide bonds. The van der Waals surface area contributed by atoms with E-state index >= 15 is 0 Å². The number of ether oxygens (including phenoxy) is 1. The molecule has 9 nitrogen and oxygen atoms in total. The molecule has 0 aliphatic heterocycles. The lowest BCUT2D eigenvalue weighted by molar-refractivity contribution is -0.113. The van der Waals surface area contributed by atoms with Crippen LogP contribution in [0.15, 0.2) is 34.2 Å². The van der Waals surface area contributed by atoms with Crippen LogP contribution in [-0.2, 0) is 16.1 Å². The van der Waals surface area contributed by atoms with E-state index in [4.69, 9.17) is 4.74 Å². The fraction of sp³-hybridized carbons (Fsp3) is 0.444. The van der Waals surface area contributed by atoms with Crippen LogP contribution in [-0.4, -0.2) is 52.1 Å². The van der Waals surface area contributed by atoms with Crippen molar-refractivity contribution < 1.29 is 14.3 Å². The minimum Gasteiger partial charge on any atom is -0.385 e. The van der Waals surface area contributed by atoms with Gasteiger partial charge in [-0.05, 0) is 31.4 Å². The highest BCUT2D eigenvalue weighted by molar-refractivity contribution is 7.99. The first-order chi connectivity index (χ1) is 13.6. The molecule has 1 saturated carbocycles. The van der Waals surface area contributed by atoms with Gasteiger partial charge < -0.3 is 15.4 Å². The SMILES string of the molecule is COCCCn1c(SCC(=O)Nc2ccccc2C(=O)NC2CC2)n[nH]c1=O. The molecule has 3 N–H and O–H groups in total. The largest absolute Gasteiger partial charge is 0.385 e. The number of carbonyl (C=O) groups excluding carboxylic acids is 2. The summed E-state index contributed by atoms with van der Waals surface area (Å²) in [7, 11) is 1.60. The van der Waals surface area contributed by atoms with Gasteiger partial charge in [-0.15, -0.1) is 5.10 Å². The highest BCUT2D eigenvalue weighted by Gasteiger charge is 2.25. The van der Waals surface area contributed by atoms with E-state index in [0.717, 1.165) is 24.6 Å². The number of hydrogen-bond donors (Lipinski definition) is 3. The Morgan fingerprint density at radius 3 is 2.89 bits per heavy atom. The highest BCUT2D eigenvalue weighted by Crippen LogP contribution is 2.22. The van der Waals surface area contributed by atoms with Crippen molar-refractivity contribution in [3.05, 3.63) is 40.3 Å². The van der Waals surface area contributed by atoms with Gasteiger partial charge in [0.05, 0.1) is 17.0 Å². The summed E-state index contributed by atoms with van der Waals surface area (Å²) in [5.41, 5.74) is 0.580. The summed E-state index contributed by atoms with van der Waals surface area (Å²) in [5.74, 6) is -0.409. The number of thioether (sulfide) groups is 1. The maximum atomic E-state index is 12.4. The molecular formula is C18H23N5O4S. The number of amides is 2. The number of methoxy groups -OCH3 is 1. The number of carbonyl (C=O) groups is 2. The molecule has 0 spiro atoms. The predicted molar refractivity (Wildman–Crippen MR) is 106 cm³/mol. The van der Waals surface area contributed by atoms with Crippen molar-refractivity contribution in [1.82, 2.24) is 20.1 Å². The standard InChI is InChI=1S/C18H23N5O4S/c1-27-10-4-9-23-17(26)21-22-18(23)28-11-15(24)20-14-6-3-2-5-13(14)16(25)19-12-7-8-12/h2-3,5-6,12H,4,7-11H2,1H3,(H,19,25)(H,20,24)(H,21,26). The molecule has 3 rings (SSSR count). The third kappa shape index (κ3) is 5.46. The summed E-state index contributed by atoms with van der Waals surface area (Å²) in [5, 5.41) is 12.5. The average molecular weight is 405 g/mol. The monoisotopic (exact) mass is 405 g/mol. The van der Waals surface area contributed by atoms with Gasteiger partial charge in [0, 0.05) is 26.3 Å². The summed E-state index contributed by atoms with van der Waals surface area (Å²) in [6.45, 7) is 0.985. The fourth-order valence-corrected chi connectivity index (χ4v) is 3.35. The van der Waals surface area contributed by atoms with Crippen LogP contribution in [0.1, 0.15) is 29.6 Å².